The van der Waals surface area contributed by atoms with Gasteiger partial charge in [-0.25, -0.2) is 4.79 Å². The quantitative estimate of drug-likeness (QED) is 0.347. The Kier molecular flexibility index (Phi) is 11.1. The van der Waals surface area contributed by atoms with E-state index in [0.29, 0.717) is 18.0 Å². The molecule has 0 bridgehead atoms. The summed E-state index contributed by atoms with van der Waals surface area (Å²) in [5, 5.41) is 5.74. The zero-order chi connectivity index (χ0) is 29.5. The van der Waals surface area contributed by atoms with Crippen molar-refractivity contribution >= 4 is 23.6 Å². The molecule has 214 valence electrons. The smallest absolute Gasteiger partial charge is 0.408 e. The largest absolute Gasteiger partial charge is 0.444 e. The zero-order valence-corrected chi connectivity index (χ0v) is 25.3. The topological polar surface area (TPSA) is 87.7 Å². The fourth-order valence-corrected chi connectivity index (χ4v) is 4.37. The summed E-state index contributed by atoms with van der Waals surface area (Å²) in [6.07, 6.45) is 0.921. The van der Waals surface area contributed by atoms with Gasteiger partial charge in [-0.05, 0) is 102 Å². The molecule has 0 heterocycles. The van der Waals surface area contributed by atoms with Crippen molar-refractivity contribution < 1.29 is 19.1 Å². The third-order valence-corrected chi connectivity index (χ3v) is 6.77. The standard InChI is InChI=1S/C32H47N3O4/c1-20(2)15-17-24(6)35(30(37)25(7)33-31(38)39-32(8,9)10)28(26-18-16-21(3)23(5)19-26)29(36)34-27-14-12-11-13-22(27)4/h11-14,16,18-20,24-25,28H,15,17H2,1-10H3,(H,33,38)(H,34,36). The summed E-state index contributed by atoms with van der Waals surface area (Å²) in [5.41, 5.74) is 3.77. The van der Waals surface area contributed by atoms with E-state index in [1.165, 1.54) is 0 Å². The first-order valence-electron chi connectivity index (χ1n) is 13.9. The van der Waals surface area contributed by atoms with Crippen LogP contribution in [-0.2, 0) is 14.3 Å². The number of nitrogens with zero attached hydrogens (tertiary/aromatic N) is 1. The van der Waals surface area contributed by atoms with Gasteiger partial charge in [0.2, 0.25) is 5.91 Å². The van der Waals surface area contributed by atoms with Gasteiger partial charge in [0.1, 0.15) is 17.7 Å². The van der Waals surface area contributed by atoms with Crippen LogP contribution < -0.4 is 10.6 Å². The second-order valence-corrected chi connectivity index (χ2v) is 12.0. The lowest BCUT2D eigenvalue weighted by molar-refractivity contribution is -0.143. The van der Waals surface area contributed by atoms with Gasteiger partial charge in [0.25, 0.3) is 5.91 Å². The lowest BCUT2D eigenvalue weighted by Crippen LogP contribution is -2.54. The van der Waals surface area contributed by atoms with Gasteiger partial charge in [0, 0.05) is 11.7 Å². The molecule has 2 rings (SSSR count). The summed E-state index contributed by atoms with van der Waals surface area (Å²) in [7, 11) is 0. The van der Waals surface area contributed by atoms with Gasteiger partial charge in [-0.15, -0.1) is 0 Å². The van der Waals surface area contributed by atoms with E-state index in [4.69, 9.17) is 4.74 Å². The molecule has 7 nitrogen and oxygen atoms in total. The average molecular weight is 538 g/mol. The first-order valence-corrected chi connectivity index (χ1v) is 13.9. The molecule has 2 aromatic rings. The summed E-state index contributed by atoms with van der Waals surface area (Å²) in [5.74, 6) is -0.218. The molecule has 0 fully saturated rings. The molecule has 2 aromatic carbocycles. The lowest BCUT2D eigenvalue weighted by atomic mass is 9.95. The van der Waals surface area contributed by atoms with Crippen LogP contribution in [0.5, 0.6) is 0 Å². The van der Waals surface area contributed by atoms with Crippen molar-refractivity contribution in [1.82, 2.24) is 10.2 Å². The predicted molar refractivity (Wildman–Crippen MR) is 158 cm³/mol. The SMILES string of the molecule is Cc1ccc(C(C(=O)Nc2ccccc2C)N(C(=O)C(C)NC(=O)OC(C)(C)C)C(C)CCC(C)C)cc1C. The maximum absolute atomic E-state index is 14.1. The van der Waals surface area contributed by atoms with Crippen molar-refractivity contribution in [3.8, 4) is 0 Å². The number of para-hydroxylation sites is 1. The van der Waals surface area contributed by atoms with Crippen LogP contribution in [0.25, 0.3) is 0 Å². The van der Waals surface area contributed by atoms with Crippen LogP contribution in [0.1, 0.15) is 89.6 Å². The van der Waals surface area contributed by atoms with Crippen LogP contribution in [0, 0.1) is 26.7 Å². The molecule has 0 saturated carbocycles. The molecule has 3 atom stereocenters. The van der Waals surface area contributed by atoms with E-state index in [9.17, 15) is 14.4 Å². The normalized spacial score (nSPS) is 13.8. The van der Waals surface area contributed by atoms with E-state index in [0.717, 1.165) is 28.7 Å². The van der Waals surface area contributed by atoms with E-state index in [1.807, 2.05) is 70.2 Å². The first kappa shape index (κ1) is 31.9. The molecular weight excluding hydrogens is 490 g/mol. The van der Waals surface area contributed by atoms with Gasteiger partial charge in [-0.2, -0.15) is 0 Å². The monoisotopic (exact) mass is 537 g/mol. The highest BCUT2D eigenvalue weighted by atomic mass is 16.6. The van der Waals surface area contributed by atoms with Crippen molar-refractivity contribution in [3.63, 3.8) is 0 Å². The van der Waals surface area contributed by atoms with E-state index in [2.05, 4.69) is 24.5 Å². The number of aryl methyl sites for hydroxylation is 3. The molecule has 3 unspecified atom stereocenters. The van der Waals surface area contributed by atoms with Crippen molar-refractivity contribution in [2.75, 3.05) is 5.32 Å². The third kappa shape index (κ3) is 9.41. The van der Waals surface area contributed by atoms with Crippen molar-refractivity contribution in [2.24, 2.45) is 5.92 Å². The Balaban J connectivity index is 2.57. The Bertz CT molecular complexity index is 1150. The molecule has 39 heavy (non-hydrogen) atoms. The Hall–Kier alpha value is -3.35. The third-order valence-electron chi connectivity index (χ3n) is 6.77. The van der Waals surface area contributed by atoms with Crippen molar-refractivity contribution in [3.05, 3.63) is 64.7 Å². The number of carbonyl (C=O) groups excluding carboxylic acids is 3. The fraction of sp³-hybridized carbons (Fsp3) is 0.531. The predicted octanol–water partition coefficient (Wildman–Crippen LogP) is 6.86. The van der Waals surface area contributed by atoms with Crippen molar-refractivity contribution in [2.45, 2.75) is 106 Å². The second kappa shape index (κ2) is 13.6. The van der Waals surface area contributed by atoms with Crippen LogP contribution in [-0.4, -0.2) is 40.5 Å². The molecule has 0 radical (unpaired) electrons. The summed E-state index contributed by atoms with van der Waals surface area (Å²) in [6, 6.07) is 11.4. The molecule has 2 N–H and O–H groups in total. The first-order chi connectivity index (χ1) is 18.1. The number of rotatable bonds is 10. The van der Waals surface area contributed by atoms with Gasteiger partial charge in [-0.1, -0.05) is 50.2 Å². The Morgan fingerprint density at radius 2 is 1.51 bits per heavy atom. The number of hydrogen-bond donors (Lipinski definition) is 2. The molecule has 0 aliphatic carbocycles. The van der Waals surface area contributed by atoms with E-state index in [1.54, 1.807) is 32.6 Å². The summed E-state index contributed by atoms with van der Waals surface area (Å²) < 4.78 is 5.39. The number of nitrogens with one attached hydrogen (secondary N) is 2. The minimum atomic E-state index is -0.901. The van der Waals surface area contributed by atoms with Crippen LogP contribution in [0.15, 0.2) is 42.5 Å². The highest BCUT2D eigenvalue weighted by molar-refractivity contribution is 5.99. The van der Waals surface area contributed by atoms with Crippen LogP contribution in [0.2, 0.25) is 0 Å². The summed E-state index contributed by atoms with van der Waals surface area (Å²) in [6.45, 7) is 19.1. The number of hydrogen-bond acceptors (Lipinski definition) is 4. The van der Waals surface area contributed by atoms with Gasteiger partial charge < -0.3 is 20.3 Å². The van der Waals surface area contributed by atoms with Gasteiger partial charge in [0.05, 0.1) is 0 Å². The average Bonchev–Trinajstić information content (AvgIpc) is 2.82. The Morgan fingerprint density at radius 3 is 2.08 bits per heavy atom. The highest BCUT2D eigenvalue weighted by Gasteiger charge is 2.37. The number of carbonyl (C=O) groups is 3. The minimum absolute atomic E-state index is 0.267. The second-order valence-electron chi connectivity index (χ2n) is 12.0. The zero-order valence-electron chi connectivity index (χ0n) is 25.3. The number of anilines is 1. The molecule has 0 aliphatic heterocycles. The van der Waals surface area contributed by atoms with E-state index < -0.39 is 23.8 Å². The molecular formula is C32H47N3O4. The van der Waals surface area contributed by atoms with Gasteiger partial charge in [-0.3, -0.25) is 9.59 Å². The van der Waals surface area contributed by atoms with Crippen LogP contribution in [0.3, 0.4) is 0 Å². The van der Waals surface area contributed by atoms with Crippen LogP contribution >= 0.6 is 0 Å². The summed E-state index contributed by atoms with van der Waals surface area (Å²) in [4.78, 5) is 42.3. The number of benzene rings is 2. The minimum Gasteiger partial charge on any atom is -0.444 e. The maximum Gasteiger partial charge on any atom is 0.408 e. The van der Waals surface area contributed by atoms with Gasteiger partial charge in [0.15, 0.2) is 0 Å². The molecule has 0 spiro atoms. The van der Waals surface area contributed by atoms with E-state index >= 15 is 0 Å². The fourth-order valence-electron chi connectivity index (χ4n) is 4.37. The maximum atomic E-state index is 14.1. The lowest BCUT2D eigenvalue weighted by Gasteiger charge is -2.38. The van der Waals surface area contributed by atoms with Crippen LogP contribution in [0.4, 0.5) is 10.5 Å². The molecule has 3 amide bonds. The summed E-state index contributed by atoms with van der Waals surface area (Å²) >= 11 is 0. The number of ether oxygens (including phenoxy) is 1. The highest BCUT2D eigenvalue weighted by Crippen LogP contribution is 2.30. The Morgan fingerprint density at radius 1 is 0.872 bits per heavy atom. The van der Waals surface area contributed by atoms with Gasteiger partial charge >= 0.3 is 6.09 Å². The molecule has 0 saturated heterocycles. The molecule has 0 aromatic heterocycles. The number of amides is 3. The Labute approximate surface area is 234 Å². The molecule has 0 aliphatic rings. The molecule has 7 heteroatoms. The van der Waals surface area contributed by atoms with E-state index in [-0.39, 0.29) is 17.9 Å². The van der Waals surface area contributed by atoms with Crippen molar-refractivity contribution in [1.29, 1.82) is 0 Å². The number of alkyl carbamates (subject to hydrolysis) is 1.